The van der Waals surface area contributed by atoms with Gasteiger partial charge in [0.1, 0.15) is 0 Å². The van der Waals surface area contributed by atoms with Gasteiger partial charge >= 0.3 is 17.9 Å². The van der Waals surface area contributed by atoms with Gasteiger partial charge in [0.25, 0.3) is 0 Å². The molecule has 0 heterocycles. The topological polar surface area (TPSA) is 112 Å². The Morgan fingerprint density at radius 1 is 0.525 bits per heavy atom. The first-order valence-corrected chi connectivity index (χ1v) is 16.2. The van der Waals surface area contributed by atoms with Crippen LogP contribution in [0, 0.1) is 17.8 Å². The highest BCUT2D eigenvalue weighted by Crippen LogP contribution is 2.21. The third-order valence-corrected chi connectivity index (χ3v) is 8.52. The van der Waals surface area contributed by atoms with E-state index in [2.05, 4.69) is 19.1 Å². The highest BCUT2D eigenvalue weighted by Gasteiger charge is 2.31. The number of unbranched alkanes of at least 4 members (excludes halogenated alkanes) is 12. The van der Waals surface area contributed by atoms with Crippen LogP contribution in [-0.2, 0) is 14.4 Å². The van der Waals surface area contributed by atoms with Crippen LogP contribution in [0.2, 0.25) is 0 Å². The Hall–Kier alpha value is -1.89. The fraction of sp³-hybridized carbons (Fsp3) is 0.848. The van der Waals surface area contributed by atoms with Gasteiger partial charge in [0.15, 0.2) is 0 Å². The molecule has 0 aliphatic rings. The minimum Gasteiger partial charge on any atom is -0.481 e. The van der Waals surface area contributed by atoms with Crippen molar-refractivity contribution in [2.24, 2.45) is 17.8 Å². The summed E-state index contributed by atoms with van der Waals surface area (Å²) < 4.78 is 0.592. The lowest BCUT2D eigenvalue weighted by Gasteiger charge is -2.40. The molecule has 0 fully saturated rings. The Balaban J connectivity index is 4.71. The van der Waals surface area contributed by atoms with E-state index in [1.807, 2.05) is 0 Å². The Bertz CT molecular complexity index is 647. The fourth-order valence-electron chi connectivity index (χ4n) is 5.14. The Kier molecular flexibility index (Phi) is 22.7. The number of carboxylic acids is 3. The van der Waals surface area contributed by atoms with Crippen molar-refractivity contribution in [2.45, 2.75) is 137 Å². The van der Waals surface area contributed by atoms with E-state index >= 15 is 0 Å². The van der Waals surface area contributed by atoms with Crippen molar-refractivity contribution in [2.75, 3.05) is 26.2 Å². The average Bonchev–Trinajstić information content (AvgIpc) is 2.92. The monoisotopic (exact) mass is 568 g/mol. The molecule has 234 valence electrons. The van der Waals surface area contributed by atoms with Crippen LogP contribution in [0.3, 0.4) is 0 Å². The van der Waals surface area contributed by atoms with Gasteiger partial charge in [-0.3, -0.25) is 14.4 Å². The molecule has 0 saturated heterocycles. The van der Waals surface area contributed by atoms with Gasteiger partial charge in [-0.1, -0.05) is 97.6 Å². The van der Waals surface area contributed by atoms with E-state index in [1.54, 1.807) is 20.8 Å². The van der Waals surface area contributed by atoms with Crippen molar-refractivity contribution in [3.8, 4) is 0 Å². The van der Waals surface area contributed by atoms with Gasteiger partial charge < -0.3 is 19.8 Å². The van der Waals surface area contributed by atoms with Crippen LogP contribution in [0.15, 0.2) is 12.2 Å². The van der Waals surface area contributed by atoms with E-state index in [9.17, 15) is 29.7 Å². The predicted octanol–water partition coefficient (Wildman–Crippen LogP) is 8.17. The van der Waals surface area contributed by atoms with E-state index in [1.165, 1.54) is 64.2 Å². The second-order valence-corrected chi connectivity index (χ2v) is 12.3. The number of rotatable bonds is 28. The zero-order valence-corrected chi connectivity index (χ0v) is 26.2. The summed E-state index contributed by atoms with van der Waals surface area (Å²) >= 11 is 0. The van der Waals surface area contributed by atoms with E-state index in [0.29, 0.717) is 43.4 Å². The van der Waals surface area contributed by atoms with Crippen LogP contribution in [0.25, 0.3) is 0 Å². The number of nitrogens with zero attached hydrogens (tertiary/aromatic N) is 1. The first kappa shape index (κ1) is 38.1. The van der Waals surface area contributed by atoms with Gasteiger partial charge in [0.05, 0.1) is 43.9 Å². The molecule has 0 aliphatic carbocycles. The molecule has 0 radical (unpaired) electrons. The van der Waals surface area contributed by atoms with Gasteiger partial charge in [-0.2, -0.15) is 0 Å². The van der Waals surface area contributed by atoms with E-state index in [-0.39, 0.29) is 0 Å². The fourth-order valence-corrected chi connectivity index (χ4v) is 5.14. The zero-order valence-electron chi connectivity index (χ0n) is 26.2. The summed E-state index contributed by atoms with van der Waals surface area (Å²) in [6.07, 6.45) is 23.6. The first-order valence-electron chi connectivity index (χ1n) is 16.2. The van der Waals surface area contributed by atoms with Crippen molar-refractivity contribution in [1.82, 2.24) is 0 Å². The molecule has 0 aromatic carbocycles. The van der Waals surface area contributed by atoms with Crippen LogP contribution < -0.4 is 0 Å². The number of carbonyl (C=O) groups is 3. The molecule has 0 bridgehead atoms. The van der Waals surface area contributed by atoms with Crippen molar-refractivity contribution in [3.05, 3.63) is 12.2 Å². The minimum atomic E-state index is -0.830. The van der Waals surface area contributed by atoms with Crippen molar-refractivity contribution in [3.63, 3.8) is 0 Å². The number of quaternary nitrogens is 1. The second-order valence-electron chi connectivity index (χ2n) is 12.3. The molecule has 3 unspecified atom stereocenters. The SMILES string of the molecule is CCCCCCCCCCCC/C=C/CCCC[N+](CCC(C)C(=O)O)(CCC(C)C(=O)O)CCC(C)C(=O)O. The molecule has 7 nitrogen and oxygen atoms in total. The third kappa shape index (κ3) is 20.1. The Morgan fingerprint density at radius 2 is 0.850 bits per heavy atom. The number of hydrogen-bond acceptors (Lipinski definition) is 3. The van der Waals surface area contributed by atoms with Gasteiger partial charge in [0.2, 0.25) is 0 Å². The molecule has 0 rings (SSSR count). The lowest BCUT2D eigenvalue weighted by Crippen LogP contribution is -2.52. The highest BCUT2D eigenvalue weighted by molar-refractivity contribution is 5.70. The molecule has 0 spiro atoms. The maximum atomic E-state index is 11.5. The van der Waals surface area contributed by atoms with Gasteiger partial charge in [-0.15, -0.1) is 0 Å². The van der Waals surface area contributed by atoms with Gasteiger partial charge in [-0.25, -0.2) is 0 Å². The molecule has 0 aliphatic heterocycles. The number of aliphatic carboxylic acids is 3. The molecule has 3 atom stereocenters. The molecule has 0 aromatic heterocycles. The number of hydrogen-bond donors (Lipinski definition) is 3. The zero-order chi connectivity index (χ0) is 30.2. The third-order valence-electron chi connectivity index (χ3n) is 8.52. The van der Waals surface area contributed by atoms with E-state index in [4.69, 9.17) is 0 Å². The normalized spacial score (nSPS) is 15.5. The molecular formula is C33H62NO6+. The first-order chi connectivity index (χ1) is 19.0. The largest absolute Gasteiger partial charge is 0.481 e. The van der Waals surface area contributed by atoms with Crippen LogP contribution in [-0.4, -0.2) is 63.9 Å². The standard InChI is InChI=1S/C33H61NO6/c1-5-6-7-8-9-10-11-12-13-14-15-16-17-18-19-20-24-34(25-21-28(2)31(35)36,26-22-29(3)32(37)38)27-23-30(4)33(39)40/h16-17,28-30H,5-15,18-27H2,1-4H3,(H2-,35,36,37,38,39,40)/p+1/b17-16+. The highest BCUT2D eigenvalue weighted by atomic mass is 16.4. The summed E-state index contributed by atoms with van der Waals surface area (Å²) in [5.74, 6) is -3.95. The second kappa shape index (κ2) is 23.8. The van der Waals surface area contributed by atoms with Crippen molar-refractivity contribution in [1.29, 1.82) is 0 Å². The molecule has 7 heteroatoms. The van der Waals surface area contributed by atoms with Crippen LogP contribution >= 0.6 is 0 Å². The minimum absolute atomic E-state index is 0.486. The molecule has 40 heavy (non-hydrogen) atoms. The van der Waals surface area contributed by atoms with Crippen LogP contribution in [0.4, 0.5) is 0 Å². The van der Waals surface area contributed by atoms with Crippen LogP contribution in [0.1, 0.15) is 137 Å². The summed E-state index contributed by atoms with van der Waals surface area (Å²) in [7, 11) is 0. The Morgan fingerprint density at radius 3 is 1.20 bits per heavy atom. The summed E-state index contributed by atoms with van der Waals surface area (Å²) in [6.45, 7) is 10.1. The molecular weight excluding hydrogens is 506 g/mol. The van der Waals surface area contributed by atoms with E-state index < -0.39 is 35.7 Å². The Labute approximate surface area is 245 Å². The lowest BCUT2D eigenvalue weighted by molar-refractivity contribution is -0.929. The number of allylic oxidation sites excluding steroid dienone is 2. The number of carboxylic acid groups (broad SMARTS) is 3. The van der Waals surface area contributed by atoms with Crippen LogP contribution in [0.5, 0.6) is 0 Å². The predicted molar refractivity (Wildman–Crippen MR) is 163 cm³/mol. The molecule has 3 N–H and O–H groups in total. The van der Waals surface area contributed by atoms with Gasteiger partial charge in [0, 0.05) is 19.3 Å². The quantitative estimate of drug-likeness (QED) is 0.0498. The lowest BCUT2D eigenvalue weighted by atomic mass is 10.0. The summed E-state index contributed by atoms with van der Waals surface area (Å²) in [4.78, 5) is 34.4. The van der Waals surface area contributed by atoms with Crippen molar-refractivity contribution < 1.29 is 34.2 Å². The smallest absolute Gasteiger partial charge is 0.306 e. The average molecular weight is 569 g/mol. The van der Waals surface area contributed by atoms with Gasteiger partial charge in [-0.05, 0) is 32.1 Å². The summed E-state index contributed by atoms with van der Waals surface area (Å²) in [5.41, 5.74) is 0. The molecule has 0 aromatic rings. The maximum Gasteiger partial charge on any atom is 0.306 e. The molecule has 0 amide bonds. The summed E-state index contributed by atoms with van der Waals surface area (Å²) in [5, 5.41) is 28.2. The van der Waals surface area contributed by atoms with E-state index in [0.717, 1.165) is 32.2 Å². The maximum absolute atomic E-state index is 11.5. The summed E-state index contributed by atoms with van der Waals surface area (Å²) in [6, 6.07) is 0. The van der Waals surface area contributed by atoms with Crippen molar-refractivity contribution >= 4 is 17.9 Å². The molecule has 0 saturated carbocycles.